The van der Waals surface area contributed by atoms with Gasteiger partial charge in [0.15, 0.2) is 0 Å². The number of hydrogen-bond acceptors (Lipinski definition) is 5. The molecule has 0 radical (unpaired) electrons. The molecule has 1 saturated heterocycles. The SMILES string of the molecule is CC(C)N1CCN(c2ncc(CCN)cn2)CC1. The van der Waals surface area contributed by atoms with Gasteiger partial charge in [-0.05, 0) is 32.4 Å². The molecular formula is C13H23N5. The second-order valence-electron chi connectivity index (χ2n) is 5.05. The molecule has 0 saturated carbocycles. The summed E-state index contributed by atoms with van der Waals surface area (Å²) in [6, 6.07) is 0.625. The molecule has 0 aromatic carbocycles. The third-order valence-corrected chi connectivity index (χ3v) is 3.45. The fourth-order valence-electron chi connectivity index (χ4n) is 2.25. The summed E-state index contributed by atoms with van der Waals surface area (Å²) in [4.78, 5) is 13.6. The maximum absolute atomic E-state index is 5.51. The number of nitrogens with zero attached hydrogens (tertiary/aromatic N) is 4. The van der Waals surface area contributed by atoms with E-state index in [0.29, 0.717) is 12.6 Å². The van der Waals surface area contributed by atoms with Gasteiger partial charge in [-0.25, -0.2) is 9.97 Å². The van der Waals surface area contributed by atoms with Crippen LogP contribution in [0.3, 0.4) is 0 Å². The molecular weight excluding hydrogens is 226 g/mol. The van der Waals surface area contributed by atoms with Crippen molar-refractivity contribution in [3.8, 4) is 0 Å². The fraction of sp³-hybridized carbons (Fsp3) is 0.692. The summed E-state index contributed by atoms with van der Waals surface area (Å²) in [5.41, 5.74) is 6.63. The van der Waals surface area contributed by atoms with Gasteiger partial charge in [-0.2, -0.15) is 0 Å². The Morgan fingerprint density at radius 1 is 1.17 bits per heavy atom. The molecule has 1 aliphatic heterocycles. The second kappa shape index (κ2) is 6.11. The first-order valence-corrected chi connectivity index (χ1v) is 6.70. The molecule has 0 unspecified atom stereocenters. The van der Waals surface area contributed by atoms with E-state index in [0.717, 1.165) is 44.1 Å². The van der Waals surface area contributed by atoms with Gasteiger partial charge in [-0.3, -0.25) is 4.90 Å². The topological polar surface area (TPSA) is 58.3 Å². The quantitative estimate of drug-likeness (QED) is 0.842. The van der Waals surface area contributed by atoms with Crippen molar-refractivity contribution in [2.75, 3.05) is 37.6 Å². The van der Waals surface area contributed by atoms with E-state index in [4.69, 9.17) is 5.73 Å². The zero-order valence-electron chi connectivity index (χ0n) is 11.3. The minimum absolute atomic E-state index is 0.625. The van der Waals surface area contributed by atoms with Crippen molar-refractivity contribution in [2.24, 2.45) is 5.73 Å². The van der Waals surface area contributed by atoms with Crippen molar-refractivity contribution in [2.45, 2.75) is 26.3 Å². The second-order valence-corrected chi connectivity index (χ2v) is 5.05. The van der Waals surface area contributed by atoms with Gasteiger partial charge in [-0.1, -0.05) is 0 Å². The van der Waals surface area contributed by atoms with Gasteiger partial charge in [0.25, 0.3) is 0 Å². The Morgan fingerprint density at radius 2 is 1.78 bits per heavy atom. The summed E-state index contributed by atoms with van der Waals surface area (Å²) in [5, 5.41) is 0. The summed E-state index contributed by atoms with van der Waals surface area (Å²) in [5.74, 6) is 0.846. The highest BCUT2D eigenvalue weighted by atomic mass is 15.3. The third-order valence-electron chi connectivity index (χ3n) is 3.45. The first kappa shape index (κ1) is 13.2. The van der Waals surface area contributed by atoms with E-state index >= 15 is 0 Å². The van der Waals surface area contributed by atoms with Crippen LogP contribution in [0.25, 0.3) is 0 Å². The van der Waals surface area contributed by atoms with Crippen LogP contribution in [-0.4, -0.2) is 53.6 Å². The van der Waals surface area contributed by atoms with Gasteiger partial charge in [-0.15, -0.1) is 0 Å². The van der Waals surface area contributed by atoms with Crippen LogP contribution in [0, 0.1) is 0 Å². The molecule has 0 spiro atoms. The van der Waals surface area contributed by atoms with Crippen LogP contribution in [0.5, 0.6) is 0 Å². The number of anilines is 1. The summed E-state index contributed by atoms with van der Waals surface area (Å²) < 4.78 is 0. The lowest BCUT2D eigenvalue weighted by Crippen LogP contribution is -2.49. The summed E-state index contributed by atoms with van der Waals surface area (Å²) in [6.07, 6.45) is 4.63. The molecule has 0 atom stereocenters. The Balaban J connectivity index is 1.93. The van der Waals surface area contributed by atoms with Crippen molar-refractivity contribution in [3.63, 3.8) is 0 Å². The molecule has 0 amide bonds. The molecule has 0 aliphatic carbocycles. The average Bonchev–Trinajstić information content (AvgIpc) is 2.40. The van der Waals surface area contributed by atoms with E-state index in [9.17, 15) is 0 Å². The Labute approximate surface area is 109 Å². The molecule has 1 aromatic rings. The van der Waals surface area contributed by atoms with Gasteiger partial charge in [0.05, 0.1) is 0 Å². The van der Waals surface area contributed by atoms with E-state index in [2.05, 4.69) is 33.6 Å². The molecule has 1 aliphatic rings. The molecule has 2 heterocycles. The largest absolute Gasteiger partial charge is 0.338 e. The number of rotatable bonds is 4. The molecule has 2 N–H and O–H groups in total. The van der Waals surface area contributed by atoms with E-state index < -0.39 is 0 Å². The zero-order valence-corrected chi connectivity index (χ0v) is 11.3. The van der Waals surface area contributed by atoms with Crippen LogP contribution in [0.15, 0.2) is 12.4 Å². The first-order chi connectivity index (χ1) is 8.70. The van der Waals surface area contributed by atoms with Crippen molar-refractivity contribution in [1.82, 2.24) is 14.9 Å². The normalized spacial score (nSPS) is 17.4. The minimum Gasteiger partial charge on any atom is -0.338 e. The highest BCUT2D eigenvalue weighted by Gasteiger charge is 2.20. The number of nitrogens with two attached hydrogens (primary N) is 1. The molecule has 18 heavy (non-hydrogen) atoms. The predicted molar refractivity (Wildman–Crippen MR) is 73.7 cm³/mol. The number of aromatic nitrogens is 2. The predicted octanol–water partition coefficient (Wildman–Crippen LogP) is 0.508. The Bertz CT molecular complexity index is 354. The van der Waals surface area contributed by atoms with E-state index in [1.807, 2.05) is 12.4 Å². The standard InChI is InChI=1S/C13H23N5/c1-11(2)17-5-7-18(8-6-17)13-15-9-12(3-4-14)10-16-13/h9-11H,3-8,14H2,1-2H3. The molecule has 5 heteroatoms. The van der Waals surface area contributed by atoms with Crippen molar-refractivity contribution in [1.29, 1.82) is 0 Å². The van der Waals surface area contributed by atoms with Gasteiger partial charge in [0, 0.05) is 44.6 Å². The summed E-state index contributed by atoms with van der Waals surface area (Å²) >= 11 is 0. The molecule has 1 aromatic heterocycles. The Hall–Kier alpha value is -1.20. The van der Waals surface area contributed by atoms with Crippen molar-refractivity contribution < 1.29 is 0 Å². The molecule has 5 nitrogen and oxygen atoms in total. The highest BCUT2D eigenvalue weighted by Crippen LogP contribution is 2.12. The Kier molecular flexibility index (Phi) is 4.49. The monoisotopic (exact) mass is 249 g/mol. The van der Waals surface area contributed by atoms with E-state index in [1.165, 1.54) is 0 Å². The van der Waals surface area contributed by atoms with Gasteiger partial charge < -0.3 is 10.6 Å². The van der Waals surface area contributed by atoms with Crippen LogP contribution < -0.4 is 10.6 Å². The smallest absolute Gasteiger partial charge is 0.225 e. The van der Waals surface area contributed by atoms with Gasteiger partial charge >= 0.3 is 0 Å². The van der Waals surface area contributed by atoms with Crippen LogP contribution in [0.2, 0.25) is 0 Å². The third kappa shape index (κ3) is 3.17. The maximum Gasteiger partial charge on any atom is 0.225 e. The average molecular weight is 249 g/mol. The Morgan fingerprint density at radius 3 is 2.28 bits per heavy atom. The molecule has 1 fully saturated rings. The molecule has 2 rings (SSSR count). The van der Waals surface area contributed by atoms with Crippen molar-refractivity contribution in [3.05, 3.63) is 18.0 Å². The van der Waals surface area contributed by atoms with Crippen LogP contribution in [0.1, 0.15) is 19.4 Å². The van der Waals surface area contributed by atoms with E-state index in [1.54, 1.807) is 0 Å². The first-order valence-electron chi connectivity index (χ1n) is 6.70. The summed E-state index contributed by atoms with van der Waals surface area (Å²) in [6.45, 7) is 9.33. The molecule has 100 valence electrons. The lowest BCUT2D eigenvalue weighted by molar-refractivity contribution is 0.208. The lowest BCUT2D eigenvalue weighted by atomic mass is 10.2. The number of piperazine rings is 1. The molecule has 0 bridgehead atoms. The maximum atomic E-state index is 5.51. The highest BCUT2D eigenvalue weighted by molar-refractivity contribution is 5.30. The van der Waals surface area contributed by atoms with E-state index in [-0.39, 0.29) is 0 Å². The van der Waals surface area contributed by atoms with Crippen LogP contribution in [-0.2, 0) is 6.42 Å². The fourth-order valence-corrected chi connectivity index (χ4v) is 2.25. The lowest BCUT2D eigenvalue weighted by Gasteiger charge is -2.36. The van der Waals surface area contributed by atoms with Crippen molar-refractivity contribution >= 4 is 5.95 Å². The van der Waals surface area contributed by atoms with Crippen LogP contribution >= 0.6 is 0 Å². The van der Waals surface area contributed by atoms with Gasteiger partial charge in [0.2, 0.25) is 5.95 Å². The zero-order chi connectivity index (χ0) is 13.0. The van der Waals surface area contributed by atoms with Gasteiger partial charge in [0.1, 0.15) is 0 Å². The summed E-state index contributed by atoms with van der Waals surface area (Å²) in [7, 11) is 0. The minimum atomic E-state index is 0.625. The number of hydrogen-bond donors (Lipinski definition) is 1. The van der Waals surface area contributed by atoms with Crippen LogP contribution in [0.4, 0.5) is 5.95 Å².